The lowest BCUT2D eigenvalue weighted by molar-refractivity contribution is -0.137. The quantitative estimate of drug-likeness (QED) is 0.650. The van der Waals surface area contributed by atoms with E-state index in [1.54, 1.807) is 0 Å². The number of rotatable bonds is 3. The smallest absolute Gasteiger partial charge is 0.416 e. The third-order valence-corrected chi connectivity index (χ3v) is 2.94. The second-order valence-electron chi connectivity index (χ2n) is 4.18. The van der Waals surface area contributed by atoms with Gasteiger partial charge in [0.25, 0.3) is 0 Å². The number of nitrogens with two attached hydrogens (primary N) is 1. The minimum atomic E-state index is -4.44. The Bertz CT molecular complexity index is 686. The van der Waals surface area contributed by atoms with E-state index in [-0.39, 0.29) is 22.4 Å². The van der Waals surface area contributed by atoms with E-state index in [9.17, 15) is 13.2 Å². The first-order valence-corrected chi connectivity index (χ1v) is 6.14. The van der Waals surface area contributed by atoms with E-state index in [0.29, 0.717) is 5.56 Å². The molecule has 0 aliphatic heterocycles. The van der Waals surface area contributed by atoms with E-state index in [1.807, 2.05) is 0 Å². The average molecular weight is 315 g/mol. The first-order chi connectivity index (χ1) is 9.77. The molecule has 0 aromatic heterocycles. The van der Waals surface area contributed by atoms with Crippen molar-refractivity contribution in [3.05, 3.63) is 58.6 Å². The molecule has 7 heteroatoms. The maximum atomic E-state index is 12.6. The van der Waals surface area contributed by atoms with E-state index in [4.69, 9.17) is 27.5 Å². The number of hydrogen-bond donors (Lipinski definition) is 2. The van der Waals surface area contributed by atoms with E-state index in [1.165, 1.54) is 30.3 Å². The summed E-state index contributed by atoms with van der Waals surface area (Å²) in [4.78, 5) is 0. The van der Waals surface area contributed by atoms with Crippen LogP contribution in [0.25, 0.3) is 0 Å². The fourth-order valence-corrected chi connectivity index (χ4v) is 1.92. The SMILES string of the molecule is N=C(N)c1ccc(Oc2cccc(C(F)(F)F)c2)cc1Cl. The van der Waals surface area contributed by atoms with Crippen molar-refractivity contribution in [1.29, 1.82) is 5.41 Å². The van der Waals surface area contributed by atoms with Gasteiger partial charge in [0.05, 0.1) is 10.6 Å². The first-order valence-electron chi connectivity index (χ1n) is 5.76. The molecule has 0 aliphatic rings. The Kier molecular flexibility index (Phi) is 4.09. The van der Waals surface area contributed by atoms with Gasteiger partial charge in [-0.05, 0) is 30.3 Å². The second-order valence-corrected chi connectivity index (χ2v) is 4.59. The number of alkyl halides is 3. The van der Waals surface area contributed by atoms with Crippen LogP contribution in [0.1, 0.15) is 11.1 Å². The van der Waals surface area contributed by atoms with Gasteiger partial charge in [-0.3, -0.25) is 5.41 Å². The molecule has 2 aromatic rings. The van der Waals surface area contributed by atoms with Crippen LogP contribution in [-0.4, -0.2) is 5.84 Å². The maximum absolute atomic E-state index is 12.6. The molecular formula is C14H10ClF3N2O. The van der Waals surface area contributed by atoms with Crippen molar-refractivity contribution in [3.8, 4) is 11.5 Å². The van der Waals surface area contributed by atoms with E-state index in [2.05, 4.69) is 0 Å². The lowest BCUT2D eigenvalue weighted by Gasteiger charge is -2.11. The molecule has 0 saturated heterocycles. The van der Waals surface area contributed by atoms with Crippen molar-refractivity contribution in [2.45, 2.75) is 6.18 Å². The van der Waals surface area contributed by atoms with Crippen LogP contribution in [0.15, 0.2) is 42.5 Å². The van der Waals surface area contributed by atoms with Gasteiger partial charge in [-0.2, -0.15) is 13.2 Å². The molecule has 0 spiro atoms. The molecule has 3 nitrogen and oxygen atoms in total. The Balaban J connectivity index is 2.27. The number of nitrogen functional groups attached to an aromatic ring is 1. The maximum Gasteiger partial charge on any atom is 0.416 e. The molecule has 21 heavy (non-hydrogen) atoms. The fourth-order valence-electron chi connectivity index (χ4n) is 1.65. The Hall–Kier alpha value is -2.21. The van der Waals surface area contributed by atoms with Gasteiger partial charge in [0.15, 0.2) is 0 Å². The lowest BCUT2D eigenvalue weighted by Crippen LogP contribution is -2.11. The molecule has 3 N–H and O–H groups in total. The van der Waals surface area contributed by atoms with E-state index in [0.717, 1.165) is 12.1 Å². The summed E-state index contributed by atoms with van der Waals surface area (Å²) in [5.74, 6) is 0.0893. The van der Waals surface area contributed by atoms with Crippen molar-refractivity contribution < 1.29 is 17.9 Å². The normalized spacial score (nSPS) is 11.2. The highest BCUT2D eigenvalue weighted by atomic mass is 35.5. The molecule has 0 bridgehead atoms. The summed E-state index contributed by atoms with van der Waals surface area (Å²) in [6.45, 7) is 0. The monoisotopic (exact) mass is 314 g/mol. The fraction of sp³-hybridized carbons (Fsp3) is 0.0714. The molecule has 0 amide bonds. The number of halogens is 4. The minimum Gasteiger partial charge on any atom is -0.457 e. The molecule has 0 radical (unpaired) electrons. The molecule has 0 aliphatic carbocycles. The molecule has 2 aromatic carbocycles. The van der Waals surface area contributed by atoms with Crippen molar-refractivity contribution in [3.63, 3.8) is 0 Å². The highest BCUT2D eigenvalue weighted by Gasteiger charge is 2.30. The van der Waals surface area contributed by atoms with Crippen LogP contribution in [0.2, 0.25) is 5.02 Å². The van der Waals surface area contributed by atoms with Gasteiger partial charge in [-0.1, -0.05) is 17.7 Å². The standard InChI is InChI=1S/C14H10ClF3N2O/c15-12-7-10(4-5-11(12)13(19)20)21-9-3-1-2-8(6-9)14(16,17)18/h1-7H,(H3,19,20). The van der Waals surface area contributed by atoms with Crippen molar-refractivity contribution in [2.75, 3.05) is 0 Å². The molecule has 0 fully saturated rings. The number of amidine groups is 1. The third kappa shape index (κ3) is 3.66. The predicted octanol–water partition coefficient (Wildman–Crippen LogP) is 4.44. The molecule has 0 saturated carbocycles. The van der Waals surface area contributed by atoms with Crippen LogP contribution in [0, 0.1) is 5.41 Å². The van der Waals surface area contributed by atoms with E-state index >= 15 is 0 Å². The van der Waals surface area contributed by atoms with Gasteiger partial charge in [0, 0.05) is 11.6 Å². The number of ether oxygens (including phenoxy) is 1. The van der Waals surface area contributed by atoms with Gasteiger partial charge >= 0.3 is 6.18 Å². The van der Waals surface area contributed by atoms with Crippen LogP contribution in [0.4, 0.5) is 13.2 Å². The highest BCUT2D eigenvalue weighted by molar-refractivity contribution is 6.34. The zero-order valence-corrected chi connectivity index (χ0v) is 11.3. The minimum absolute atomic E-state index is 0.0384. The largest absolute Gasteiger partial charge is 0.457 e. The van der Waals surface area contributed by atoms with E-state index < -0.39 is 11.7 Å². The van der Waals surface area contributed by atoms with Crippen LogP contribution in [0.5, 0.6) is 11.5 Å². The summed E-state index contributed by atoms with van der Waals surface area (Å²) in [7, 11) is 0. The summed E-state index contributed by atoms with van der Waals surface area (Å²) in [5, 5.41) is 7.48. The highest BCUT2D eigenvalue weighted by Crippen LogP contribution is 2.33. The number of nitrogens with one attached hydrogen (secondary N) is 1. The van der Waals surface area contributed by atoms with Crippen molar-refractivity contribution in [1.82, 2.24) is 0 Å². The van der Waals surface area contributed by atoms with Crippen LogP contribution in [-0.2, 0) is 6.18 Å². The van der Waals surface area contributed by atoms with Crippen molar-refractivity contribution in [2.24, 2.45) is 5.73 Å². The summed E-state index contributed by atoms with van der Waals surface area (Å²) >= 11 is 5.91. The zero-order valence-electron chi connectivity index (χ0n) is 10.5. The van der Waals surface area contributed by atoms with Gasteiger partial charge in [0.1, 0.15) is 17.3 Å². The average Bonchev–Trinajstić information content (AvgIpc) is 2.37. The molecule has 0 unspecified atom stereocenters. The van der Waals surface area contributed by atoms with Crippen LogP contribution < -0.4 is 10.5 Å². The summed E-state index contributed by atoms with van der Waals surface area (Å²) in [5.41, 5.74) is 4.85. The molecule has 0 atom stereocenters. The summed E-state index contributed by atoms with van der Waals surface area (Å²) in [6.07, 6.45) is -4.44. The number of benzene rings is 2. The topological polar surface area (TPSA) is 59.1 Å². The Morgan fingerprint density at radius 3 is 2.33 bits per heavy atom. The Morgan fingerprint density at radius 1 is 1.10 bits per heavy atom. The third-order valence-electron chi connectivity index (χ3n) is 2.63. The molecule has 2 rings (SSSR count). The summed E-state index contributed by atoms with van der Waals surface area (Å²) < 4.78 is 43.1. The molecular weight excluding hydrogens is 305 g/mol. The Labute approximate surface area is 123 Å². The van der Waals surface area contributed by atoms with Crippen molar-refractivity contribution >= 4 is 17.4 Å². The van der Waals surface area contributed by atoms with Crippen LogP contribution >= 0.6 is 11.6 Å². The zero-order chi connectivity index (χ0) is 15.6. The van der Waals surface area contributed by atoms with Gasteiger partial charge < -0.3 is 10.5 Å². The van der Waals surface area contributed by atoms with Gasteiger partial charge in [-0.15, -0.1) is 0 Å². The van der Waals surface area contributed by atoms with Crippen LogP contribution in [0.3, 0.4) is 0 Å². The lowest BCUT2D eigenvalue weighted by atomic mass is 10.2. The number of hydrogen-bond acceptors (Lipinski definition) is 2. The molecule has 110 valence electrons. The van der Waals surface area contributed by atoms with Gasteiger partial charge in [-0.25, -0.2) is 0 Å². The predicted molar refractivity (Wildman–Crippen MR) is 74.0 cm³/mol. The Morgan fingerprint density at radius 2 is 1.76 bits per heavy atom. The summed E-state index contributed by atoms with van der Waals surface area (Å²) in [6, 6.07) is 8.84. The first kappa shape index (κ1) is 15.2. The molecule has 0 heterocycles. The van der Waals surface area contributed by atoms with Gasteiger partial charge in [0.2, 0.25) is 0 Å². The second kappa shape index (κ2) is 5.65.